The van der Waals surface area contributed by atoms with E-state index in [9.17, 15) is 0 Å². The number of halogens is 1. The predicted octanol–water partition coefficient (Wildman–Crippen LogP) is 1.96. The van der Waals surface area contributed by atoms with Gasteiger partial charge >= 0.3 is 8.80 Å². The van der Waals surface area contributed by atoms with E-state index in [1.807, 2.05) is 13.8 Å². The van der Waals surface area contributed by atoms with Gasteiger partial charge < -0.3 is 22.8 Å². The highest BCUT2D eigenvalue weighted by Gasteiger charge is 2.37. The smallest absolute Gasteiger partial charge is 0.377 e. The molecule has 0 spiro atoms. The zero-order valence-corrected chi connectivity index (χ0v) is 15.5. The molecule has 0 aromatic carbocycles. The standard InChI is InChI=1S/C12H29NO5Si.ClH/c1-11(14-3)13(12(2)15-4)9-8-10-19(16-5,17-6)18-7;/h11-12H,8-10H2,1-7H3;1H. The van der Waals surface area contributed by atoms with E-state index in [0.717, 1.165) is 19.0 Å². The first-order chi connectivity index (χ1) is 9.00. The van der Waals surface area contributed by atoms with Gasteiger partial charge in [0.2, 0.25) is 0 Å². The Hall–Kier alpha value is 0.267. The van der Waals surface area contributed by atoms with Crippen molar-refractivity contribution in [1.82, 2.24) is 4.90 Å². The van der Waals surface area contributed by atoms with Gasteiger partial charge in [0.25, 0.3) is 0 Å². The van der Waals surface area contributed by atoms with Crippen LogP contribution in [-0.4, -0.2) is 68.3 Å². The molecule has 0 bridgehead atoms. The maximum absolute atomic E-state index is 5.41. The van der Waals surface area contributed by atoms with Gasteiger partial charge in [0, 0.05) is 48.1 Å². The Balaban J connectivity index is 0. The van der Waals surface area contributed by atoms with Crippen molar-refractivity contribution < 1.29 is 22.8 Å². The van der Waals surface area contributed by atoms with Crippen LogP contribution in [0.2, 0.25) is 6.04 Å². The number of hydrogen-bond acceptors (Lipinski definition) is 6. The van der Waals surface area contributed by atoms with Gasteiger partial charge in [-0.1, -0.05) is 0 Å². The van der Waals surface area contributed by atoms with Crippen molar-refractivity contribution >= 4 is 21.2 Å². The Kier molecular flexibility index (Phi) is 13.4. The molecule has 0 aromatic rings. The normalized spacial score (nSPS) is 15.0. The monoisotopic (exact) mass is 331 g/mol. The van der Waals surface area contributed by atoms with E-state index in [4.69, 9.17) is 22.8 Å². The molecule has 2 atom stereocenters. The number of methoxy groups -OCH3 is 2. The summed E-state index contributed by atoms with van der Waals surface area (Å²) in [5, 5.41) is 0. The Morgan fingerprint density at radius 2 is 1.25 bits per heavy atom. The van der Waals surface area contributed by atoms with Crippen LogP contribution in [0.5, 0.6) is 0 Å². The number of rotatable bonds is 11. The molecule has 0 saturated carbocycles. The van der Waals surface area contributed by atoms with E-state index >= 15 is 0 Å². The molecule has 6 nitrogen and oxygen atoms in total. The van der Waals surface area contributed by atoms with E-state index in [1.54, 1.807) is 35.5 Å². The molecule has 8 heteroatoms. The van der Waals surface area contributed by atoms with Gasteiger partial charge in [-0.05, 0) is 20.3 Å². The van der Waals surface area contributed by atoms with Crippen LogP contribution in [0.25, 0.3) is 0 Å². The number of hydrogen-bond donors (Lipinski definition) is 0. The molecule has 0 aliphatic rings. The first-order valence-electron chi connectivity index (χ1n) is 6.47. The molecule has 0 aromatic heterocycles. The van der Waals surface area contributed by atoms with Crippen molar-refractivity contribution in [3.05, 3.63) is 0 Å². The van der Waals surface area contributed by atoms with Crippen molar-refractivity contribution in [3.8, 4) is 0 Å². The molecule has 0 rings (SSSR count). The summed E-state index contributed by atoms with van der Waals surface area (Å²) in [5.41, 5.74) is 0. The highest BCUT2D eigenvalue weighted by atomic mass is 35.5. The molecule has 0 saturated heterocycles. The average Bonchev–Trinajstić information content (AvgIpc) is 2.47. The second kappa shape index (κ2) is 11.9. The van der Waals surface area contributed by atoms with Gasteiger partial charge in [-0.3, -0.25) is 4.90 Å². The topological polar surface area (TPSA) is 49.4 Å². The van der Waals surface area contributed by atoms with Crippen LogP contribution in [0, 0.1) is 0 Å². The number of nitrogens with zero attached hydrogens (tertiary/aromatic N) is 1. The molecular weight excluding hydrogens is 302 g/mol. The predicted molar refractivity (Wildman–Crippen MR) is 83.1 cm³/mol. The first-order valence-corrected chi connectivity index (χ1v) is 8.40. The van der Waals surface area contributed by atoms with Gasteiger partial charge in [-0.15, -0.1) is 12.4 Å². The Morgan fingerprint density at radius 1 is 0.850 bits per heavy atom. The average molecular weight is 332 g/mol. The van der Waals surface area contributed by atoms with Gasteiger partial charge in [0.05, 0.1) is 0 Å². The van der Waals surface area contributed by atoms with E-state index in [2.05, 4.69) is 4.90 Å². The molecule has 0 fully saturated rings. The van der Waals surface area contributed by atoms with Crippen molar-refractivity contribution in [2.24, 2.45) is 0 Å². The lowest BCUT2D eigenvalue weighted by Crippen LogP contribution is -2.46. The molecule has 0 aliphatic heterocycles. The molecule has 0 radical (unpaired) electrons. The zero-order chi connectivity index (χ0) is 14.9. The fourth-order valence-electron chi connectivity index (χ4n) is 1.96. The van der Waals surface area contributed by atoms with Crippen LogP contribution in [-0.2, 0) is 22.8 Å². The minimum atomic E-state index is -2.48. The van der Waals surface area contributed by atoms with Crippen molar-refractivity contribution in [1.29, 1.82) is 0 Å². The van der Waals surface area contributed by atoms with Crippen LogP contribution in [0.3, 0.4) is 0 Å². The lowest BCUT2D eigenvalue weighted by Gasteiger charge is -2.33. The maximum atomic E-state index is 5.41. The molecule has 2 unspecified atom stereocenters. The Labute approximate surface area is 130 Å². The SMILES string of the molecule is COC(C)N(CCC[Si](OC)(OC)OC)C(C)OC.Cl. The summed E-state index contributed by atoms with van der Waals surface area (Å²) >= 11 is 0. The van der Waals surface area contributed by atoms with E-state index in [0.29, 0.717) is 0 Å². The third kappa shape index (κ3) is 6.82. The Bertz CT molecular complexity index is 216. The lowest BCUT2D eigenvalue weighted by molar-refractivity contribution is -0.116. The Morgan fingerprint density at radius 3 is 1.55 bits per heavy atom. The van der Waals surface area contributed by atoms with Crippen molar-refractivity contribution in [2.75, 3.05) is 42.1 Å². The van der Waals surface area contributed by atoms with E-state index < -0.39 is 8.80 Å². The number of ether oxygens (including phenoxy) is 2. The minimum Gasteiger partial charge on any atom is -0.377 e. The summed E-state index contributed by atoms with van der Waals surface area (Å²) in [4.78, 5) is 2.14. The quantitative estimate of drug-likeness (QED) is 0.426. The van der Waals surface area contributed by atoms with Crippen molar-refractivity contribution in [2.45, 2.75) is 38.8 Å². The molecule has 124 valence electrons. The first kappa shape index (κ1) is 22.5. The van der Waals surface area contributed by atoms with E-state index in [-0.39, 0.29) is 24.9 Å². The highest BCUT2D eigenvalue weighted by Crippen LogP contribution is 2.17. The summed E-state index contributed by atoms with van der Waals surface area (Å²) in [6, 6.07) is 0.764. The third-order valence-corrected chi connectivity index (χ3v) is 6.28. The summed E-state index contributed by atoms with van der Waals surface area (Å²) in [6.45, 7) is 4.83. The molecule has 0 N–H and O–H groups in total. The molecule has 0 amide bonds. The van der Waals surface area contributed by atoms with Crippen LogP contribution in [0.1, 0.15) is 20.3 Å². The largest absolute Gasteiger partial charge is 0.500 e. The van der Waals surface area contributed by atoms with E-state index in [1.165, 1.54) is 0 Å². The van der Waals surface area contributed by atoms with Crippen LogP contribution < -0.4 is 0 Å². The molecular formula is C12H30ClNO5Si. The third-order valence-electron chi connectivity index (χ3n) is 3.45. The molecule has 20 heavy (non-hydrogen) atoms. The minimum absolute atomic E-state index is 0. The fourth-order valence-corrected chi connectivity index (χ4v) is 3.67. The van der Waals surface area contributed by atoms with Crippen LogP contribution in [0.15, 0.2) is 0 Å². The maximum Gasteiger partial charge on any atom is 0.500 e. The van der Waals surface area contributed by atoms with Crippen LogP contribution in [0.4, 0.5) is 0 Å². The zero-order valence-electron chi connectivity index (χ0n) is 13.7. The summed E-state index contributed by atoms with van der Waals surface area (Å²) < 4.78 is 26.9. The second-order valence-electron chi connectivity index (χ2n) is 4.31. The summed E-state index contributed by atoms with van der Waals surface area (Å²) in [6.07, 6.45) is 0.890. The summed E-state index contributed by atoms with van der Waals surface area (Å²) in [5.74, 6) is 0. The molecule has 0 heterocycles. The summed E-state index contributed by atoms with van der Waals surface area (Å²) in [7, 11) is 5.80. The van der Waals surface area contributed by atoms with Crippen molar-refractivity contribution in [3.63, 3.8) is 0 Å². The molecule has 0 aliphatic carbocycles. The van der Waals surface area contributed by atoms with Crippen LogP contribution >= 0.6 is 12.4 Å². The van der Waals surface area contributed by atoms with Gasteiger partial charge in [-0.2, -0.15) is 0 Å². The lowest BCUT2D eigenvalue weighted by atomic mass is 10.3. The fraction of sp³-hybridized carbons (Fsp3) is 1.00. The van der Waals surface area contributed by atoms with Gasteiger partial charge in [0.15, 0.2) is 0 Å². The van der Waals surface area contributed by atoms with Gasteiger partial charge in [0.1, 0.15) is 12.5 Å². The second-order valence-corrected chi connectivity index (χ2v) is 7.40. The highest BCUT2D eigenvalue weighted by molar-refractivity contribution is 6.60. The van der Waals surface area contributed by atoms with Gasteiger partial charge in [-0.25, -0.2) is 0 Å².